The van der Waals surface area contributed by atoms with E-state index in [0.717, 1.165) is 23.8 Å². The summed E-state index contributed by atoms with van der Waals surface area (Å²) in [5, 5.41) is 3.88. The van der Waals surface area contributed by atoms with E-state index in [1.807, 2.05) is 0 Å². The fourth-order valence-corrected chi connectivity index (χ4v) is 4.52. The van der Waals surface area contributed by atoms with Crippen molar-refractivity contribution in [2.45, 2.75) is 70.8 Å². The van der Waals surface area contributed by atoms with E-state index in [2.05, 4.69) is 17.1 Å². The Balaban J connectivity index is 1.42. The highest BCUT2D eigenvalue weighted by molar-refractivity contribution is 4.85. The minimum Gasteiger partial charge on any atom is -0.312 e. The second-order valence-corrected chi connectivity index (χ2v) is 7.97. The van der Waals surface area contributed by atoms with Crippen LogP contribution in [0.15, 0.2) is 0 Å². The van der Waals surface area contributed by atoms with Crippen molar-refractivity contribution in [3.8, 4) is 0 Å². The quantitative estimate of drug-likeness (QED) is 0.825. The van der Waals surface area contributed by atoms with Gasteiger partial charge in [-0.2, -0.15) is 0 Å². The van der Waals surface area contributed by atoms with Crippen molar-refractivity contribution < 1.29 is 0 Å². The molecule has 20 heavy (non-hydrogen) atoms. The van der Waals surface area contributed by atoms with E-state index < -0.39 is 0 Å². The maximum absolute atomic E-state index is 3.88. The fraction of sp³-hybridized carbons (Fsp3) is 1.00. The van der Waals surface area contributed by atoms with Gasteiger partial charge in [0.05, 0.1) is 0 Å². The Kier molecular flexibility index (Phi) is 5.39. The first-order valence-electron chi connectivity index (χ1n) is 9.25. The molecule has 2 nitrogen and oxygen atoms in total. The zero-order chi connectivity index (χ0) is 13.8. The van der Waals surface area contributed by atoms with E-state index >= 15 is 0 Å². The zero-order valence-electron chi connectivity index (χ0n) is 13.4. The van der Waals surface area contributed by atoms with E-state index in [1.54, 1.807) is 0 Å². The largest absolute Gasteiger partial charge is 0.312 e. The number of hydrogen-bond acceptors (Lipinski definition) is 2. The van der Waals surface area contributed by atoms with Crippen LogP contribution in [0.2, 0.25) is 0 Å². The van der Waals surface area contributed by atoms with Crippen molar-refractivity contribution in [2.75, 3.05) is 26.2 Å². The normalized spacial score (nSPS) is 34.0. The summed E-state index contributed by atoms with van der Waals surface area (Å²) in [6, 6.07) is 0.767. The summed E-state index contributed by atoms with van der Waals surface area (Å²) in [5.74, 6) is 2.88. The highest BCUT2D eigenvalue weighted by Crippen LogP contribution is 2.28. The molecule has 3 fully saturated rings. The van der Waals surface area contributed by atoms with Gasteiger partial charge in [0.1, 0.15) is 0 Å². The summed E-state index contributed by atoms with van der Waals surface area (Å²) in [6.45, 7) is 7.78. The van der Waals surface area contributed by atoms with Crippen LogP contribution >= 0.6 is 0 Å². The average molecular weight is 278 g/mol. The van der Waals surface area contributed by atoms with Crippen LogP contribution < -0.4 is 5.32 Å². The van der Waals surface area contributed by atoms with E-state index in [4.69, 9.17) is 0 Å². The summed E-state index contributed by atoms with van der Waals surface area (Å²) in [5.41, 5.74) is 0. The van der Waals surface area contributed by atoms with Gasteiger partial charge >= 0.3 is 0 Å². The van der Waals surface area contributed by atoms with Crippen molar-refractivity contribution >= 4 is 0 Å². The number of likely N-dealkylation sites (tertiary alicyclic amines) is 1. The zero-order valence-corrected chi connectivity index (χ0v) is 13.4. The Morgan fingerprint density at radius 1 is 0.900 bits per heavy atom. The lowest BCUT2D eigenvalue weighted by Crippen LogP contribution is -2.51. The number of nitrogens with zero attached hydrogens (tertiary/aromatic N) is 1. The molecule has 3 rings (SSSR count). The average Bonchev–Trinajstić information content (AvgIpc) is 2.37. The molecule has 3 aliphatic rings. The van der Waals surface area contributed by atoms with E-state index in [9.17, 15) is 0 Å². The standard InChI is InChI=1S/C18H34N2/c1-15-10-18(19-11-16-8-5-9-16)14-20(12-15)13-17-6-3-2-4-7-17/h15-19H,2-14H2,1H3. The number of piperidine rings is 1. The van der Waals surface area contributed by atoms with Gasteiger partial charge in [0.25, 0.3) is 0 Å². The second-order valence-electron chi connectivity index (χ2n) is 7.97. The molecule has 2 atom stereocenters. The minimum atomic E-state index is 0.767. The Morgan fingerprint density at radius 2 is 1.65 bits per heavy atom. The van der Waals surface area contributed by atoms with Crippen LogP contribution in [0.3, 0.4) is 0 Å². The molecule has 116 valence electrons. The first-order valence-corrected chi connectivity index (χ1v) is 9.25. The molecule has 2 aliphatic carbocycles. The molecular weight excluding hydrogens is 244 g/mol. The number of rotatable bonds is 5. The van der Waals surface area contributed by atoms with Gasteiger partial charge in [-0.3, -0.25) is 0 Å². The maximum atomic E-state index is 3.88. The van der Waals surface area contributed by atoms with E-state index in [0.29, 0.717) is 0 Å². The lowest BCUT2D eigenvalue weighted by molar-refractivity contribution is 0.114. The third-order valence-electron chi connectivity index (χ3n) is 5.90. The van der Waals surface area contributed by atoms with Gasteiger partial charge in [-0.1, -0.05) is 32.6 Å². The Morgan fingerprint density at radius 3 is 2.35 bits per heavy atom. The van der Waals surface area contributed by atoms with Crippen molar-refractivity contribution in [1.82, 2.24) is 10.2 Å². The topological polar surface area (TPSA) is 15.3 Å². The van der Waals surface area contributed by atoms with Crippen molar-refractivity contribution in [2.24, 2.45) is 17.8 Å². The third-order valence-corrected chi connectivity index (χ3v) is 5.90. The molecule has 2 heteroatoms. The van der Waals surface area contributed by atoms with Crippen molar-refractivity contribution in [3.05, 3.63) is 0 Å². The van der Waals surface area contributed by atoms with Crippen LogP contribution in [0.4, 0.5) is 0 Å². The van der Waals surface area contributed by atoms with Gasteiger partial charge in [-0.15, -0.1) is 0 Å². The van der Waals surface area contributed by atoms with Gasteiger partial charge in [-0.05, 0) is 56.4 Å². The summed E-state index contributed by atoms with van der Waals surface area (Å²) in [4.78, 5) is 2.78. The molecule has 0 radical (unpaired) electrons. The van der Waals surface area contributed by atoms with Gasteiger partial charge in [0.2, 0.25) is 0 Å². The maximum Gasteiger partial charge on any atom is 0.0198 e. The highest BCUT2D eigenvalue weighted by Gasteiger charge is 2.27. The molecule has 1 N–H and O–H groups in total. The van der Waals surface area contributed by atoms with Crippen LogP contribution in [0.1, 0.15) is 64.7 Å². The van der Waals surface area contributed by atoms with Crippen LogP contribution in [-0.2, 0) is 0 Å². The monoisotopic (exact) mass is 278 g/mol. The van der Waals surface area contributed by atoms with Crippen molar-refractivity contribution in [3.63, 3.8) is 0 Å². The van der Waals surface area contributed by atoms with E-state index in [1.165, 1.54) is 84.0 Å². The fourth-order valence-electron chi connectivity index (χ4n) is 4.52. The lowest BCUT2D eigenvalue weighted by atomic mass is 9.84. The molecule has 0 amide bonds. The van der Waals surface area contributed by atoms with Crippen LogP contribution in [-0.4, -0.2) is 37.1 Å². The SMILES string of the molecule is CC1CC(NCC2CCC2)CN(CC2CCCCC2)C1. The second kappa shape index (κ2) is 7.26. The molecule has 0 spiro atoms. The molecule has 2 saturated carbocycles. The summed E-state index contributed by atoms with van der Waals surface area (Å²) < 4.78 is 0. The number of hydrogen-bond donors (Lipinski definition) is 1. The van der Waals surface area contributed by atoms with Gasteiger partial charge in [0, 0.05) is 25.7 Å². The van der Waals surface area contributed by atoms with Gasteiger partial charge < -0.3 is 10.2 Å². The minimum absolute atomic E-state index is 0.767. The summed E-state index contributed by atoms with van der Waals surface area (Å²) in [6.07, 6.45) is 13.3. The van der Waals surface area contributed by atoms with Crippen LogP contribution in [0.5, 0.6) is 0 Å². The van der Waals surface area contributed by atoms with E-state index in [-0.39, 0.29) is 0 Å². The molecular formula is C18H34N2. The Labute approximate surface area is 125 Å². The van der Waals surface area contributed by atoms with Gasteiger partial charge in [-0.25, -0.2) is 0 Å². The third kappa shape index (κ3) is 4.21. The molecule has 0 aromatic carbocycles. The van der Waals surface area contributed by atoms with Gasteiger partial charge in [0.15, 0.2) is 0 Å². The van der Waals surface area contributed by atoms with Crippen LogP contribution in [0.25, 0.3) is 0 Å². The highest BCUT2D eigenvalue weighted by atomic mass is 15.2. The molecule has 2 unspecified atom stereocenters. The molecule has 1 heterocycles. The molecule has 0 aromatic rings. The summed E-state index contributed by atoms with van der Waals surface area (Å²) in [7, 11) is 0. The lowest BCUT2D eigenvalue weighted by Gasteiger charge is -2.40. The molecule has 1 saturated heterocycles. The number of nitrogens with one attached hydrogen (secondary N) is 1. The Hall–Kier alpha value is -0.0800. The first-order chi connectivity index (χ1) is 9.79. The molecule has 0 bridgehead atoms. The predicted octanol–water partition coefficient (Wildman–Crippen LogP) is 3.67. The molecule has 0 aromatic heterocycles. The van der Waals surface area contributed by atoms with Crippen molar-refractivity contribution in [1.29, 1.82) is 0 Å². The molecule has 1 aliphatic heterocycles. The van der Waals surface area contributed by atoms with Crippen LogP contribution in [0, 0.1) is 17.8 Å². The predicted molar refractivity (Wildman–Crippen MR) is 85.9 cm³/mol. The smallest absolute Gasteiger partial charge is 0.0198 e. The summed E-state index contributed by atoms with van der Waals surface area (Å²) >= 11 is 0. The first kappa shape index (κ1) is 14.8. The Bertz CT molecular complexity index is 281.